The number of carbonyl (C=O) groups is 2. The first-order chi connectivity index (χ1) is 16.4. The van der Waals surface area contributed by atoms with E-state index in [1.165, 1.54) is 6.08 Å². The van der Waals surface area contributed by atoms with Crippen molar-refractivity contribution in [1.29, 1.82) is 0 Å². The molecule has 186 valence electrons. The van der Waals surface area contributed by atoms with Crippen LogP contribution < -0.4 is 10.1 Å². The van der Waals surface area contributed by atoms with Crippen LogP contribution in [0.25, 0.3) is 0 Å². The molecule has 0 saturated carbocycles. The maximum atomic E-state index is 13.2. The summed E-state index contributed by atoms with van der Waals surface area (Å²) in [6.07, 6.45) is 5.56. The van der Waals surface area contributed by atoms with E-state index in [2.05, 4.69) is 27.9 Å². The Balaban J connectivity index is 1.92. The van der Waals surface area contributed by atoms with E-state index >= 15 is 0 Å². The molecule has 34 heavy (non-hydrogen) atoms. The molecule has 0 bridgehead atoms. The van der Waals surface area contributed by atoms with Gasteiger partial charge in [-0.2, -0.15) is 0 Å². The number of rotatable bonds is 10. The molecule has 1 aromatic carbocycles. The SMILES string of the molecule is CCC=CC(=O)N(CC1CCCO1)C1CC(C(=O)NCCO)=CC(Oc2ccccc2I)C1O. The largest absolute Gasteiger partial charge is 0.482 e. The van der Waals surface area contributed by atoms with E-state index in [4.69, 9.17) is 14.6 Å². The number of allylic oxidation sites excluding steroid dienone is 1. The molecule has 0 radical (unpaired) electrons. The number of aliphatic hydroxyl groups excluding tert-OH is 2. The number of ether oxygens (including phenoxy) is 2. The van der Waals surface area contributed by atoms with Crippen LogP contribution in [0.1, 0.15) is 32.6 Å². The van der Waals surface area contributed by atoms with Gasteiger partial charge in [0, 0.05) is 31.7 Å². The summed E-state index contributed by atoms with van der Waals surface area (Å²) in [4.78, 5) is 27.6. The number of benzene rings is 1. The van der Waals surface area contributed by atoms with Crippen LogP contribution in [-0.2, 0) is 14.3 Å². The third-order valence-corrected chi connectivity index (χ3v) is 6.81. The van der Waals surface area contributed by atoms with Crippen LogP contribution in [0, 0.1) is 3.57 Å². The molecule has 1 fully saturated rings. The van der Waals surface area contributed by atoms with Crippen LogP contribution >= 0.6 is 22.6 Å². The van der Waals surface area contributed by atoms with Gasteiger partial charge in [0.25, 0.3) is 0 Å². The standard InChI is InChI=1S/C25H33IN2O6/c1-2-3-10-23(30)28(16-18-7-6-13-33-18)20-14-17(25(32)27-11-12-29)15-22(24(20)31)34-21-9-5-4-8-19(21)26/h3-5,8-10,15,18,20,22,24,29,31H,2,6-7,11-14,16H2,1H3,(H,27,32). The van der Waals surface area contributed by atoms with Crippen LogP contribution in [0.4, 0.5) is 0 Å². The molecular weight excluding hydrogens is 551 g/mol. The van der Waals surface area contributed by atoms with Crippen molar-refractivity contribution < 1.29 is 29.3 Å². The van der Waals surface area contributed by atoms with Gasteiger partial charge in [-0.1, -0.05) is 25.1 Å². The lowest BCUT2D eigenvalue weighted by molar-refractivity contribution is -0.135. The fourth-order valence-corrected chi connectivity index (χ4v) is 4.69. The molecule has 1 aliphatic carbocycles. The van der Waals surface area contributed by atoms with E-state index < -0.39 is 18.2 Å². The van der Waals surface area contributed by atoms with E-state index in [-0.39, 0.29) is 37.5 Å². The highest BCUT2D eigenvalue weighted by Crippen LogP contribution is 2.30. The van der Waals surface area contributed by atoms with Gasteiger partial charge in [-0.25, -0.2) is 0 Å². The fourth-order valence-electron chi connectivity index (χ4n) is 4.18. The minimum atomic E-state index is -1.05. The third kappa shape index (κ3) is 7.03. The van der Waals surface area contributed by atoms with E-state index in [9.17, 15) is 14.7 Å². The smallest absolute Gasteiger partial charge is 0.247 e. The first kappa shape index (κ1) is 26.7. The molecule has 3 rings (SSSR count). The van der Waals surface area contributed by atoms with E-state index in [0.717, 1.165) is 16.4 Å². The van der Waals surface area contributed by atoms with Crippen LogP contribution in [0.3, 0.4) is 0 Å². The zero-order valence-corrected chi connectivity index (χ0v) is 21.5. The fraction of sp³-hybridized carbons (Fsp3) is 0.520. The van der Waals surface area contributed by atoms with Gasteiger partial charge in [0.2, 0.25) is 11.8 Å². The molecule has 1 heterocycles. The highest BCUT2D eigenvalue weighted by atomic mass is 127. The Hall–Kier alpha value is -1.95. The Morgan fingerprint density at radius 3 is 2.82 bits per heavy atom. The summed E-state index contributed by atoms with van der Waals surface area (Å²) >= 11 is 2.15. The summed E-state index contributed by atoms with van der Waals surface area (Å²) in [5.74, 6) is 0.00410. The number of amides is 2. The number of carbonyl (C=O) groups excluding carboxylic acids is 2. The highest BCUT2D eigenvalue weighted by molar-refractivity contribution is 14.1. The lowest BCUT2D eigenvalue weighted by Gasteiger charge is -2.41. The molecule has 3 N–H and O–H groups in total. The Bertz CT molecular complexity index is 899. The van der Waals surface area contributed by atoms with Crippen molar-refractivity contribution in [3.8, 4) is 5.75 Å². The number of para-hydroxylation sites is 1. The van der Waals surface area contributed by atoms with E-state index in [0.29, 0.717) is 30.9 Å². The molecule has 2 aliphatic rings. The Kier molecular flexibility index (Phi) is 10.4. The quantitative estimate of drug-likeness (QED) is 0.288. The Labute approximate surface area is 214 Å². The average molecular weight is 584 g/mol. The number of aliphatic hydroxyl groups is 2. The number of nitrogens with zero attached hydrogens (tertiary/aromatic N) is 1. The average Bonchev–Trinajstić information content (AvgIpc) is 3.35. The highest BCUT2D eigenvalue weighted by Gasteiger charge is 2.41. The van der Waals surface area contributed by atoms with Crippen molar-refractivity contribution in [3.05, 3.63) is 51.6 Å². The van der Waals surface area contributed by atoms with Crippen molar-refractivity contribution in [2.45, 2.75) is 57.0 Å². The van der Waals surface area contributed by atoms with E-state index in [1.807, 2.05) is 25.1 Å². The zero-order valence-electron chi connectivity index (χ0n) is 19.4. The molecule has 0 spiro atoms. The van der Waals surface area contributed by atoms with Crippen LogP contribution in [0.5, 0.6) is 5.75 Å². The minimum Gasteiger partial charge on any atom is -0.482 e. The number of hydrogen-bond donors (Lipinski definition) is 3. The number of halogens is 1. The van der Waals surface area contributed by atoms with E-state index in [1.54, 1.807) is 23.1 Å². The first-order valence-electron chi connectivity index (χ1n) is 11.7. The molecule has 0 aromatic heterocycles. The van der Waals surface area contributed by atoms with Gasteiger partial charge in [0.05, 0.1) is 22.3 Å². The topological polar surface area (TPSA) is 108 Å². The summed E-state index contributed by atoms with van der Waals surface area (Å²) in [7, 11) is 0. The normalized spacial score (nSPS) is 24.6. The molecule has 1 aliphatic heterocycles. The lowest BCUT2D eigenvalue weighted by Crippen LogP contribution is -2.56. The van der Waals surface area contributed by atoms with Gasteiger partial charge in [0.15, 0.2) is 0 Å². The van der Waals surface area contributed by atoms with Crippen molar-refractivity contribution in [3.63, 3.8) is 0 Å². The second-order valence-corrected chi connectivity index (χ2v) is 9.54. The predicted molar refractivity (Wildman–Crippen MR) is 136 cm³/mol. The summed E-state index contributed by atoms with van der Waals surface area (Å²) in [5, 5.41) is 23.2. The van der Waals surface area contributed by atoms with Crippen LogP contribution in [0.15, 0.2) is 48.1 Å². The summed E-state index contributed by atoms with van der Waals surface area (Å²) in [6.45, 7) is 2.86. The summed E-state index contributed by atoms with van der Waals surface area (Å²) < 4.78 is 12.8. The predicted octanol–water partition coefficient (Wildman–Crippen LogP) is 2.18. The van der Waals surface area contributed by atoms with Crippen molar-refractivity contribution in [2.24, 2.45) is 0 Å². The second kappa shape index (κ2) is 13.2. The Morgan fingerprint density at radius 2 is 2.15 bits per heavy atom. The molecule has 4 unspecified atom stereocenters. The monoisotopic (exact) mass is 584 g/mol. The van der Waals surface area contributed by atoms with Gasteiger partial charge in [-0.15, -0.1) is 0 Å². The molecule has 2 amide bonds. The van der Waals surface area contributed by atoms with Crippen molar-refractivity contribution in [2.75, 3.05) is 26.3 Å². The summed E-state index contributed by atoms with van der Waals surface area (Å²) in [5.41, 5.74) is 0.407. The molecule has 4 atom stereocenters. The lowest BCUT2D eigenvalue weighted by atomic mass is 9.87. The number of nitrogens with one attached hydrogen (secondary N) is 1. The zero-order chi connectivity index (χ0) is 24.5. The second-order valence-electron chi connectivity index (χ2n) is 8.38. The van der Waals surface area contributed by atoms with Crippen molar-refractivity contribution >= 4 is 34.4 Å². The van der Waals surface area contributed by atoms with Gasteiger partial charge >= 0.3 is 0 Å². The van der Waals surface area contributed by atoms with Gasteiger partial charge in [0.1, 0.15) is 18.0 Å². The maximum Gasteiger partial charge on any atom is 0.247 e. The Morgan fingerprint density at radius 1 is 1.35 bits per heavy atom. The van der Waals surface area contributed by atoms with Gasteiger partial charge < -0.3 is 29.9 Å². The first-order valence-corrected chi connectivity index (χ1v) is 12.8. The molecule has 1 aromatic rings. The van der Waals surface area contributed by atoms with Crippen LogP contribution in [-0.4, -0.2) is 77.6 Å². The maximum absolute atomic E-state index is 13.2. The van der Waals surface area contributed by atoms with Crippen LogP contribution in [0.2, 0.25) is 0 Å². The number of hydrogen-bond acceptors (Lipinski definition) is 6. The van der Waals surface area contributed by atoms with Crippen molar-refractivity contribution in [1.82, 2.24) is 10.2 Å². The molecular formula is C25H33IN2O6. The molecule has 1 saturated heterocycles. The molecule has 8 nitrogen and oxygen atoms in total. The van der Waals surface area contributed by atoms with Gasteiger partial charge in [-0.05, 0) is 66.1 Å². The summed E-state index contributed by atoms with van der Waals surface area (Å²) in [6, 6.07) is 6.75. The van der Waals surface area contributed by atoms with Gasteiger partial charge in [-0.3, -0.25) is 9.59 Å². The third-order valence-electron chi connectivity index (χ3n) is 5.92. The minimum absolute atomic E-state index is 0.113. The molecule has 9 heteroatoms.